The highest BCUT2D eigenvalue weighted by atomic mass is 14.7. The lowest BCUT2D eigenvalue weighted by atomic mass is 9.92. The third-order valence-electron chi connectivity index (χ3n) is 1.66. The fourth-order valence-electron chi connectivity index (χ4n) is 0.911. The SMILES string of the molecule is C#Cc1c[nH]c(C(C)(C)C)c1. The molecule has 0 radical (unpaired) electrons. The van der Waals surface area contributed by atoms with Crippen molar-refractivity contribution < 1.29 is 0 Å². The summed E-state index contributed by atoms with van der Waals surface area (Å²) in [6.45, 7) is 6.46. The molecule has 58 valence electrons. The number of H-pyrrole nitrogens is 1. The molecule has 0 amide bonds. The molecule has 0 atom stereocenters. The Kier molecular flexibility index (Phi) is 1.78. The Labute approximate surface area is 67.8 Å². The highest BCUT2D eigenvalue weighted by Crippen LogP contribution is 2.20. The molecule has 0 spiro atoms. The predicted octanol–water partition coefficient (Wildman–Crippen LogP) is 2.29. The highest BCUT2D eigenvalue weighted by Gasteiger charge is 2.14. The van der Waals surface area contributed by atoms with Gasteiger partial charge in [0, 0.05) is 22.9 Å². The van der Waals surface area contributed by atoms with E-state index in [0.717, 1.165) is 5.56 Å². The highest BCUT2D eigenvalue weighted by molar-refractivity contribution is 5.34. The lowest BCUT2D eigenvalue weighted by Crippen LogP contribution is -2.10. The predicted molar refractivity (Wildman–Crippen MR) is 47.4 cm³/mol. The Morgan fingerprint density at radius 3 is 2.36 bits per heavy atom. The first-order valence-electron chi connectivity index (χ1n) is 3.69. The summed E-state index contributed by atoms with van der Waals surface area (Å²) in [5, 5.41) is 0. The quantitative estimate of drug-likeness (QED) is 0.542. The molecule has 0 saturated heterocycles. The van der Waals surface area contributed by atoms with Gasteiger partial charge in [-0.2, -0.15) is 0 Å². The van der Waals surface area contributed by atoms with Crippen molar-refractivity contribution in [3.8, 4) is 12.3 Å². The van der Waals surface area contributed by atoms with Crippen LogP contribution in [0.1, 0.15) is 32.0 Å². The van der Waals surface area contributed by atoms with Crippen LogP contribution in [0.4, 0.5) is 0 Å². The van der Waals surface area contributed by atoms with Crippen LogP contribution >= 0.6 is 0 Å². The van der Waals surface area contributed by atoms with Gasteiger partial charge in [-0.3, -0.25) is 0 Å². The molecule has 0 saturated carbocycles. The zero-order valence-electron chi connectivity index (χ0n) is 7.23. The van der Waals surface area contributed by atoms with E-state index in [0.29, 0.717) is 0 Å². The maximum atomic E-state index is 5.24. The summed E-state index contributed by atoms with van der Waals surface area (Å²) in [5.74, 6) is 2.59. The first-order chi connectivity index (χ1) is 5.04. The number of aromatic amines is 1. The average molecular weight is 147 g/mol. The number of terminal acetylenes is 1. The molecule has 0 unspecified atom stereocenters. The largest absolute Gasteiger partial charge is 0.363 e. The summed E-state index contributed by atoms with van der Waals surface area (Å²) < 4.78 is 0. The third kappa shape index (κ3) is 1.65. The van der Waals surface area contributed by atoms with Crippen LogP contribution in [0, 0.1) is 12.3 Å². The summed E-state index contributed by atoms with van der Waals surface area (Å²) in [4.78, 5) is 3.15. The normalized spacial score (nSPS) is 11.1. The molecule has 0 bridgehead atoms. The van der Waals surface area contributed by atoms with E-state index in [1.165, 1.54) is 5.69 Å². The van der Waals surface area contributed by atoms with E-state index in [1.807, 2.05) is 12.3 Å². The molecular formula is C10H13N. The average Bonchev–Trinajstić information content (AvgIpc) is 2.32. The molecule has 0 aliphatic carbocycles. The number of nitrogens with one attached hydrogen (secondary N) is 1. The Hall–Kier alpha value is -1.16. The van der Waals surface area contributed by atoms with Gasteiger partial charge in [-0.1, -0.05) is 26.7 Å². The van der Waals surface area contributed by atoms with Crippen LogP contribution in [0.3, 0.4) is 0 Å². The zero-order chi connectivity index (χ0) is 8.48. The van der Waals surface area contributed by atoms with Crippen LogP contribution in [0.5, 0.6) is 0 Å². The van der Waals surface area contributed by atoms with Gasteiger partial charge in [0.15, 0.2) is 0 Å². The maximum absolute atomic E-state index is 5.24. The van der Waals surface area contributed by atoms with Crippen molar-refractivity contribution in [3.63, 3.8) is 0 Å². The summed E-state index contributed by atoms with van der Waals surface area (Å²) in [6.07, 6.45) is 7.10. The van der Waals surface area contributed by atoms with Gasteiger partial charge in [0.1, 0.15) is 0 Å². The van der Waals surface area contributed by atoms with Gasteiger partial charge >= 0.3 is 0 Å². The second kappa shape index (κ2) is 2.47. The minimum atomic E-state index is 0.162. The number of aromatic nitrogens is 1. The standard InChI is InChI=1S/C10H13N/c1-5-8-6-9(11-7-8)10(2,3)4/h1,6-7,11H,2-4H3. The summed E-state index contributed by atoms with van der Waals surface area (Å²) >= 11 is 0. The minimum absolute atomic E-state index is 0.162. The molecule has 1 heteroatoms. The van der Waals surface area contributed by atoms with Gasteiger partial charge < -0.3 is 4.98 Å². The van der Waals surface area contributed by atoms with Crippen LogP contribution in [-0.2, 0) is 5.41 Å². The molecule has 0 aliphatic heterocycles. The molecule has 11 heavy (non-hydrogen) atoms. The molecule has 1 aromatic rings. The lowest BCUT2D eigenvalue weighted by molar-refractivity contribution is 0.573. The van der Waals surface area contributed by atoms with Gasteiger partial charge in [0.25, 0.3) is 0 Å². The van der Waals surface area contributed by atoms with Gasteiger partial charge in [-0.25, -0.2) is 0 Å². The van der Waals surface area contributed by atoms with E-state index in [1.54, 1.807) is 0 Å². The topological polar surface area (TPSA) is 15.8 Å². The van der Waals surface area contributed by atoms with E-state index >= 15 is 0 Å². The molecule has 1 nitrogen and oxygen atoms in total. The first-order valence-corrected chi connectivity index (χ1v) is 3.69. The Morgan fingerprint density at radius 1 is 1.45 bits per heavy atom. The van der Waals surface area contributed by atoms with E-state index in [4.69, 9.17) is 6.42 Å². The first kappa shape index (κ1) is 7.94. The van der Waals surface area contributed by atoms with E-state index in [9.17, 15) is 0 Å². The van der Waals surface area contributed by atoms with Crippen LogP contribution in [0.2, 0.25) is 0 Å². The van der Waals surface area contributed by atoms with Crippen molar-refractivity contribution in [2.24, 2.45) is 0 Å². The van der Waals surface area contributed by atoms with Crippen molar-refractivity contribution in [1.29, 1.82) is 0 Å². The van der Waals surface area contributed by atoms with Crippen molar-refractivity contribution in [3.05, 3.63) is 23.5 Å². The van der Waals surface area contributed by atoms with E-state index < -0.39 is 0 Å². The van der Waals surface area contributed by atoms with Gasteiger partial charge in [-0.15, -0.1) is 6.42 Å². The minimum Gasteiger partial charge on any atom is -0.363 e. The molecule has 1 heterocycles. The van der Waals surface area contributed by atoms with Crippen molar-refractivity contribution in [2.45, 2.75) is 26.2 Å². The fraction of sp³-hybridized carbons (Fsp3) is 0.400. The Balaban J connectivity index is 3.01. The van der Waals surface area contributed by atoms with Crippen LogP contribution in [0.15, 0.2) is 12.3 Å². The summed E-state index contributed by atoms with van der Waals surface area (Å²) in [6, 6.07) is 2.01. The molecule has 0 aromatic carbocycles. The molecular weight excluding hydrogens is 134 g/mol. The van der Waals surface area contributed by atoms with Gasteiger partial charge in [0.05, 0.1) is 0 Å². The molecule has 1 aromatic heterocycles. The smallest absolute Gasteiger partial charge is 0.0420 e. The number of hydrogen-bond donors (Lipinski definition) is 1. The van der Waals surface area contributed by atoms with Crippen molar-refractivity contribution >= 4 is 0 Å². The summed E-state index contributed by atoms with van der Waals surface area (Å²) in [5.41, 5.74) is 2.27. The second-order valence-corrected chi connectivity index (χ2v) is 3.70. The molecule has 1 N–H and O–H groups in total. The maximum Gasteiger partial charge on any atom is 0.0420 e. The van der Waals surface area contributed by atoms with Gasteiger partial charge in [-0.05, 0) is 6.07 Å². The molecule has 0 aliphatic rings. The third-order valence-corrected chi connectivity index (χ3v) is 1.66. The van der Waals surface area contributed by atoms with E-state index in [2.05, 4.69) is 31.7 Å². The summed E-state index contributed by atoms with van der Waals surface area (Å²) in [7, 11) is 0. The van der Waals surface area contributed by atoms with Crippen molar-refractivity contribution in [2.75, 3.05) is 0 Å². The van der Waals surface area contributed by atoms with E-state index in [-0.39, 0.29) is 5.41 Å². The monoisotopic (exact) mass is 147 g/mol. The molecule has 0 fully saturated rings. The van der Waals surface area contributed by atoms with Crippen molar-refractivity contribution in [1.82, 2.24) is 4.98 Å². The Bertz CT molecular complexity index is 281. The van der Waals surface area contributed by atoms with Crippen LogP contribution < -0.4 is 0 Å². The van der Waals surface area contributed by atoms with Crippen LogP contribution in [0.25, 0.3) is 0 Å². The van der Waals surface area contributed by atoms with Gasteiger partial charge in [0.2, 0.25) is 0 Å². The number of rotatable bonds is 0. The zero-order valence-corrected chi connectivity index (χ0v) is 7.23. The Morgan fingerprint density at radius 2 is 2.09 bits per heavy atom. The fourth-order valence-corrected chi connectivity index (χ4v) is 0.911. The van der Waals surface area contributed by atoms with Crippen LogP contribution in [-0.4, -0.2) is 4.98 Å². The second-order valence-electron chi connectivity index (χ2n) is 3.70. The lowest BCUT2D eigenvalue weighted by Gasteiger charge is -2.15. The number of hydrogen-bond acceptors (Lipinski definition) is 0. The molecule has 1 rings (SSSR count).